The minimum Gasteiger partial charge on any atom is -0.385 e. The van der Waals surface area contributed by atoms with E-state index < -0.39 is 5.82 Å². The van der Waals surface area contributed by atoms with Gasteiger partial charge in [-0.25, -0.2) is 10.2 Å². The first-order valence-corrected chi connectivity index (χ1v) is 14.4. The number of amides is 2. The monoisotopic (exact) mass is 561 g/mol. The quantitative estimate of drug-likeness (QED) is 0.161. The van der Waals surface area contributed by atoms with Crippen molar-refractivity contribution in [3.8, 4) is 0 Å². The molecule has 3 atom stereocenters. The summed E-state index contributed by atoms with van der Waals surface area (Å²) in [4.78, 5) is 31.2. The molecule has 2 amide bonds. The minimum atomic E-state index is -0.467. The first-order chi connectivity index (χ1) is 19.2. The molecule has 1 aromatic carbocycles. The van der Waals surface area contributed by atoms with E-state index in [1.54, 1.807) is 25.3 Å². The van der Waals surface area contributed by atoms with Crippen molar-refractivity contribution in [1.29, 1.82) is 0 Å². The van der Waals surface area contributed by atoms with Crippen molar-refractivity contribution >= 4 is 17.5 Å². The van der Waals surface area contributed by atoms with E-state index in [1.807, 2.05) is 23.6 Å². The molecule has 2 aliphatic heterocycles. The molecule has 3 aliphatic rings. The van der Waals surface area contributed by atoms with E-state index in [2.05, 4.69) is 11.1 Å². The lowest BCUT2D eigenvalue weighted by atomic mass is 9.86. The van der Waals surface area contributed by atoms with Crippen LogP contribution in [0.5, 0.6) is 0 Å². The second kappa shape index (κ2) is 13.4. The Bertz CT molecular complexity index is 1080. The van der Waals surface area contributed by atoms with Crippen LogP contribution in [0.1, 0.15) is 46.0 Å². The zero-order chi connectivity index (χ0) is 28.9. The third-order valence-electron chi connectivity index (χ3n) is 8.49. The largest absolute Gasteiger partial charge is 0.385 e. The summed E-state index contributed by atoms with van der Waals surface area (Å²) in [5.74, 6) is 5.84. The van der Waals surface area contributed by atoms with Gasteiger partial charge in [-0.15, -0.1) is 0 Å². The van der Waals surface area contributed by atoms with Crippen LogP contribution in [0, 0.1) is 17.2 Å². The van der Waals surface area contributed by atoms with E-state index in [9.17, 15) is 14.0 Å². The molecule has 4 rings (SSSR count). The second-order valence-corrected chi connectivity index (χ2v) is 11.6. The molecule has 3 fully saturated rings. The number of quaternary nitrogens is 1. The zero-order valence-corrected chi connectivity index (χ0v) is 24.2. The number of halogens is 1. The van der Waals surface area contributed by atoms with Crippen LogP contribution in [0.3, 0.4) is 0 Å². The number of hydrogen-bond acceptors (Lipinski definition) is 7. The Hall–Kier alpha value is -2.57. The number of anilines is 1. The van der Waals surface area contributed by atoms with Gasteiger partial charge in [0.15, 0.2) is 0 Å². The molecule has 1 saturated carbocycles. The lowest BCUT2D eigenvalue weighted by molar-refractivity contribution is -0.303. The number of para-hydroxylation sites is 1. The number of carbonyl (C=O) groups is 2. The van der Waals surface area contributed by atoms with Crippen molar-refractivity contribution < 1.29 is 29.2 Å². The van der Waals surface area contributed by atoms with Gasteiger partial charge in [-0.2, -0.15) is 0 Å². The highest BCUT2D eigenvalue weighted by atomic mass is 19.1. The van der Waals surface area contributed by atoms with Crippen molar-refractivity contribution in [1.82, 2.24) is 15.1 Å². The Balaban J connectivity index is 1.55. The Kier molecular flexibility index (Phi) is 10.2. The maximum atomic E-state index is 14.7. The molecule has 3 unspecified atom stereocenters. The third-order valence-corrected chi connectivity index (χ3v) is 8.49. The van der Waals surface area contributed by atoms with Crippen molar-refractivity contribution in [2.24, 2.45) is 17.2 Å². The Morgan fingerprint density at radius 1 is 1.25 bits per heavy atom. The molecule has 2 saturated heterocycles. The topological polar surface area (TPSA) is 128 Å². The van der Waals surface area contributed by atoms with Gasteiger partial charge in [-0.05, 0) is 58.1 Å². The number of ether oxygens (including phenoxy) is 2. The normalized spacial score (nSPS) is 25.1. The van der Waals surface area contributed by atoms with Gasteiger partial charge < -0.3 is 30.3 Å². The number of nitrogens with one attached hydrogen (secondary N) is 1. The average molecular weight is 562 g/mol. The molecule has 2 heterocycles. The van der Waals surface area contributed by atoms with Crippen LogP contribution in [0.15, 0.2) is 35.7 Å². The molecule has 222 valence electrons. The first-order valence-electron chi connectivity index (χ1n) is 14.4. The molecule has 0 bridgehead atoms. The SMILES string of the molecule is COCCCCC(=C([NH3+])C(=O)N(C(C)C)C1CC12CNCC(C(=O)N1CCOCC1)C2)N(N)c1ccccc1F. The highest BCUT2D eigenvalue weighted by molar-refractivity contribution is 5.92. The van der Waals surface area contributed by atoms with E-state index >= 15 is 0 Å². The van der Waals surface area contributed by atoms with Crippen LogP contribution < -0.4 is 21.9 Å². The van der Waals surface area contributed by atoms with Gasteiger partial charge in [0.2, 0.25) is 11.6 Å². The van der Waals surface area contributed by atoms with Crippen LogP contribution >= 0.6 is 0 Å². The summed E-state index contributed by atoms with van der Waals surface area (Å²) in [6.45, 7) is 8.40. The number of hydrazine groups is 1. The molecule has 1 aromatic rings. The number of benzene rings is 1. The van der Waals surface area contributed by atoms with Crippen molar-refractivity contribution in [2.45, 2.75) is 58.0 Å². The van der Waals surface area contributed by atoms with E-state index in [0.29, 0.717) is 58.0 Å². The van der Waals surface area contributed by atoms with E-state index in [0.717, 1.165) is 25.8 Å². The molecule has 6 N–H and O–H groups in total. The number of hydrogen-bond donors (Lipinski definition) is 3. The van der Waals surface area contributed by atoms with E-state index in [-0.39, 0.29) is 46.6 Å². The number of carbonyl (C=O) groups excluding carboxylic acids is 2. The predicted octanol–water partition coefficient (Wildman–Crippen LogP) is 1.24. The maximum Gasteiger partial charge on any atom is 0.310 e. The Morgan fingerprint density at radius 3 is 2.65 bits per heavy atom. The highest BCUT2D eigenvalue weighted by Gasteiger charge is 2.61. The van der Waals surface area contributed by atoms with Crippen molar-refractivity contribution in [3.63, 3.8) is 0 Å². The van der Waals surface area contributed by atoms with Gasteiger partial charge in [0, 0.05) is 57.4 Å². The molecular weight excluding hydrogens is 515 g/mol. The smallest absolute Gasteiger partial charge is 0.310 e. The number of piperidine rings is 1. The van der Waals surface area contributed by atoms with Crippen LogP contribution in [0.4, 0.5) is 10.1 Å². The number of allylic oxidation sites excluding steroid dienone is 1. The molecule has 40 heavy (non-hydrogen) atoms. The van der Waals surface area contributed by atoms with Gasteiger partial charge in [0.25, 0.3) is 0 Å². The summed E-state index contributed by atoms with van der Waals surface area (Å²) >= 11 is 0. The Morgan fingerprint density at radius 2 is 1.98 bits per heavy atom. The third kappa shape index (κ3) is 6.66. The number of morpholine rings is 1. The lowest BCUT2D eigenvalue weighted by Gasteiger charge is -2.37. The van der Waals surface area contributed by atoms with Crippen molar-refractivity contribution in [3.05, 3.63) is 41.5 Å². The fourth-order valence-electron chi connectivity index (χ4n) is 6.24. The summed E-state index contributed by atoms with van der Waals surface area (Å²) < 4.78 is 25.3. The number of nitrogens with zero attached hydrogens (tertiary/aromatic N) is 3. The van der Waals surface area contributed by atoms with Crippen LogP contribution in [-0.4, -0.2) is 86.8 Å². The molecule has 0 aromatic heterocycles. The maximum absolute atomic E-state index is 14.7. The van der Waals surface area contributed by atoms with Crippen molar-refractivity contribution in [2.75, 3.05) is 58.1 Å². The standard InChI is InChI=1S/C29H45FN6O4/c1-20(2)35(25-17-29(25)16-21(18-33-19-29)27(37)34-11-14-40-15-12-34)28(38)26(31)24(10-6-7-13-39-3)36(32)23-9-5-4-8-22(23)30/h4-5,8-9,20-21,25,33H,6-7,10-19,31-32H2,1-3H3/p+1. The van der Waals surface area contributed by atoms with Crippen LogP contribution in [0.25, 0.3) is 0 Å². The zero-order valence-electron chi connectivity index (χ0n) is 24.2. The number of unbranched alkanes of at least 4 members (excludes halogenated alkanes) is 1. The summed E-state index contributed by atoms with van der Waals surface area (Å²) in [6.07, 6.45) is 3.51. The van der Waals surface area contributed by atoms with E-state index in [1.165, 1.54) is 11.1 Å². The summed E-state index contributed by atoms with van der Waals surface area (Å²) in [6, 6.07) is 6.16. The lowest BCUT2D eigenvalue weighted by Crippen LogP contribution is -2.60. The molecule has 0 radical (unpaired) electrons. The fraction of sp³-hybridized carbons (Fsp3) is 0.655. The Labute approximate surface area is 236 Å². The summed E-state index contributed by atoms with van der Waals surface area (Å²) in [5.41, 5.74) is 4.99. The molecule has 10 nitrogen and oxygen atoms in total. The molecule has 1 spiro atoms. The van der Waals surface area contributed by atoms with Crippen LogP contribution in [0.2, 0.25) is 0 Å². The molecular formula is C29H46FN6O4+. The first kappa shape index (κ1) is 30.4. The predicted molar refractivity (Wildman–Crippen MR) is 150 cm³/mol. The van der Waals surface area contributed by atoms with Gasteiger partial charge in [-0.1, -0.05) is 12.1 Å². The van der Waals surface area contributed by atoms with Gasteiger partial charge in [0.1, 0.15) is 11.5 Å². The van der Waals surface area contributed by atoms with Crippen LogP contribution in [-0.2, 0) is 19.1 Å². The van der Waals surface area contributed by atoms with Gasteiger partial charge in [0.05, 0.1) is 24.8 Å². The summed E-state index contributed by atoms with van der Waals surface area (Å²) in [5, 5.41) is 4.75. The fourth-order valence-corrected chi connectivity index (χ4v) is 6.24. The number of rotatable bonds is 11. The summed E-state index contributed by atoms with van der Waals surface area (Å²) in [7, 11) is 1.65. The molecule has 1 aliphatic carbocycles. The van der Waals surface area contributed by atoms with Gasteiger partial charge >= 0.3 is 5.91 Å². The minimum absolute atomic E-state index is 0.0148. The highest BCUT2D eigenvalue weighted by Crippen LogP contribution is 2.55. The number of nitrogens with two attached hydrogens (primary N) is 1. The average Bonchev–Trinajstić information content (AvgIpc) is 3.63. The van der Waals surface area contributed by atoms with E-state index in [4.69, 9.17) is 15.3 Å². The molecule has 11 heteroatoms. The number of methoxy groups -OCH3 is 1. The van der Waals surface area contributed by atoms with Gasteiger partial charge in [-0.3, -0.25) is 14.6 Å². The second-order valence-electron chi connectivity index (χ2n) is 11.6.